The highest BCUT2D eigenvalue weighted by Gasteiger charge is 2.27. The summed E-state index contributed by atoms with van der Waals surface area (Å²) >= 11 is 0. The average Bonchev–Trinajstić information content (AvgIpc) is 2.58. The monoisotopic (exact) mass is 325 g/mol. The summed E-state index contributed by atoms with van der Waals surface area (Å²) in [5.74, 6) is 0. The van der Waals surface area contributed by atoms with Crippen LogP contribution >= 0.6 is 0 Å². The van der Waals surface area contributed by atoms with Crippen molar-refractivity contribution >= 4 is 0 Å². The summed E-state index contributed by atoms with van der Waals surface area (Å²) in [5.41, 5.74) is 6.24. The van der Waals surface area contributed by atoms with Crippen molar-refractivity contribution < 1.29 is 0 Å². The van der Waals surface area contributed by atoms with Gasteiger partial charge in [0.1, 0.15) is 0 Å². The maximum atomic E-state index is 5.56. The molecule has 0 saturated heterocycles. The third-order valence-corrected chi connectivity index (χ3v) is 5.59. The van der Waals surface area contributed by atoms with Crippen molar-refractivity contribution in [3.8, 4) is 0 Å². The van der Waals surface area contributed by atoms with Crippen molar-refractivity contribution in [3.05, 3.63) is 0 Å². The first-order valence-corrected chi connectivity index (χ1v) is 10.9. The fraction of sp³-hybridized carbons (Fsp3) is 1.00. The molecule has 2 N–H and O–H groups in total. The van der Waals surface area contributed by atoms with Crippen LogP contribution < -0.4 is 5.73 Å². The Morgan fingerprint density at radius 3 is 1.22 bits per heavy atom. The first-order valence-electron chi connectivity index (χ1n) is 10.9. The molecule has 1 heteroatoms. The van der Waals surface area contributed by atoms with Gasteiger partial charge in [-0.2, -0.15) is 0 Å². The van der Waals surface area contributed by atoms with E-state index in [1.807, 2.05) is 0 Å². The molecule has 0 atom stereocenters. The minimum atomic E-state index is 0.682. The van der Waals surface area contributed by atoms with Crippen molar-refractivity contribution in [2.45, 2.75) is 130 Å². The van der Waals surface area contributed by atoms with Gasteiger partial charge in [0, 0.05) is 0 Å². The molecule has 0 fully saturated rings. The van der Waals surface area contributed by atoms with Crippen LogP contribution in [0, 0.1) is 5.41 Å². The molecule has 0 heterocycles. The zero-order valence-corrected chi connectivity index (χ0v) is 16.8. The van der Waals surface area contributed by atoms with Crippen LogP contribution in [0.4, 0.5) is 0 Å². The predicted molar refractivity (Wildman–Crippen MR) is 107 cm³/mol. The summed E-state index contributed by atoms with van der Waals surface area (Å²) in [6.45, 7) is 7.93. The van der Waals surface area contributed by atoms with E-state index in [0.717, 1.165) is 6.54 Å². The van der Waals surface area contributed by atoms with Crippen molar-refractivity contribution in [2.75, 3.05) is 6.54 Å². The molecule has 0 aromatic rings. The molecule has 0 rings (SSSR count). The van der Waals surface area contributed by atoms with E-state index >= 15 is 0 Å². The predicted octanol–water partition coefficient (Wildman–Crippen LogP) is 7.62. The zero-order chi connectivity index (χ0) is 17.2. The van der Waals surface area contributed by atoms with E-state index in [-0.39, 0.29) is 0 Å². The fourth-order valence-electron chi connectivity index (χ4n) is 3.93. The van der Waals surface area contributed by atoms with Crippen molar-refractivity contribution in [3.63, 3.8) is 0 Å². The second kappa shape index (κ2) is 16.8. The van der Waals surface area contributed by atoms with Gasteiger partial charge in [-0.25, -0.2) is 0 Å². The van der Waals surface area contributed by atoms with E-state index in [1.165, 1.54) is 109 Å². The Morgan fingerprint density at radius 1 is 0.478 bits per heavy atom. The third-order valence-electron chi connectivity index (χ3n) is 5.59. The van der Waals surface area contributed by atoms with Gasteiger partial charge in [-0.05, 0) is 44.1 Å². The summed E-state index contributed by atoms with van der Waals surface area (Å²) < 4.78 is 0. The molecule has 0 aromatic heterocycles. The smallest absolute Gasteiger partial charge is 0.00773 e. The van der Waals surface area contributed by atoms with Gasteiger partial charge in [0.05, 0.1) is 0 Å². The van der Waals surface area contributed by atoms with Gasteiger partial charge in [0.15, 0.2) is 0 Å². The first-order chi connectivity index (χ1) is 11.2. The van der Waals surface area contributed by atoms with E-state index in [1.54, 1.807) is 0 Å². The number of hydrogen-bond donors (Lipinski definition) is 1. The standard InChI is InChI=1S/C22H47N/c1-4-7-17-22(18-8-5-2,19-9-6-3)20-15-13-11-10-12-14-16-21-23/h4-21,23H2,1-3H3. The minimum Gasteiger partial charge on any atom is -0.330 e. The summed E-state index contributed by atoms with van der Waals surface area (Å²) in [6, 6.07) is 0. The highest BCUT2D eigenvalue weighted by Crippen LogP contribution is 2.41. The van der Waals surface area contributed by atoms with Crippen LogP contribution in [0.1, 0.15) is 130 Å². The lowest BCUT2D eigenvalue weighted by atomic mass is 9.71. The maximum Gasteiger partial charge on any atom is -0.00773 e. The van der Waals surface area contributed by atoms with Gasteiger partial charge in [-0.3, -0.25) is 0 Å². The second-order valence-corrected chi connectivity index (χ2v) is 7.82. The van der Waals surface area contributed by atoms with Gasteiger partial charge >= 0.3 is 0 Å². The van der Waals surface area contributed by atoms with E-state index < -0.39 is 0 Å². The maximum absolute atomic E-state index is 5.56. The van der Waals surface area contributed by atoms with Gasteiger partial charge in [0.25, 0.3) is 0 Å². The molecule has 140 valence electrons. The molecule has 0 aliphatic heterocycles. The molecule has 0 spiro atoms. The van der Waals surface area contributed by atoms with Crippen LogP contribution in [0.3, 0.4) is 0 Å². The lowest BCUT2D eigenvalue weighted by Gasteiger charge is -2.35. The molecule has 0 aliphatic rings. The topological polar surface area (TPSA) is 26.0 Å². The van der Waals surface area contributed by atoms with Gasteiger partial charge in [0.2, 0.25) is 0 Å². The average molecular weight is 326 g/mol. The van der Waals surface area contributed by atoms with Gasteiger partial charge in [-0.15, -0.1) is 0 Å². The van der Waals surface area contributed by atoms with Crippen molar-refractivity contribution in [1.82, 2.24) is 0 Å². The molecular weight excluding hydrogens is 278 g/mol. The molecule has 23 heavy (non-hydrogen) atoms. The molecule has 0 bridgehead atoms. The molecule has 0 unspecified atom stereocenters. The Hall–Kier alpha value is -0.0400. The van der Waals surface area contributed by atoms with E-state index in [9.17, 15) is 0 Å². The Bertz CT molecular complexity index is 202. The quantitative estimate of drug-likeness (QED) is 0.258. The van der Waals surface area contributed by atoms with Crippen LogP contribution in [0.5, 0.6) is 0 Å². The second-order valence-electron chi connectivity index (χ2n) is 7.82. The highest BCUT2D eigenvalue weighted by molar-refractivity contribution is 4.79. The Balaban J connectivity index is 4.14. The SMILES string of the molecule is CCCCC(CCCC)(CCCC)CCCCCCCCCN. The number of unbranched alkanes of at least 4 members (excludes halogenated alkanes) is 9. The molecule has 0 aliphatic carbocycles. The first kappa shape index (κ1) is 23.0. The van der Waals surface area contributed by atoms with E-state index in [0.29, 0.717) is 5.41 Å². The number of hydrogen-bond acceptors (Lipinski definition) is 1. The van der Waals surface area contributed by atoms with Crippen LogP contribution in [0.25, 0.3) is 0 Å². The summed E-state index contributed by atoms with van der Waals surface area (Å²) in [7, 11) is 0. The summed E-state index contributed by atoms with van der Waals surface area (Å²) in [4.78, 5) is 0. The largest absolute Gasteiger partial charge is 0.330 e. The summed E-state index contributed by atoms with van der Waals surface area (Å²) in [5, 5.41) is 0. The number of rotatable bonds is 18. The molecule has 0 saturated carbocycles. The molecular formula is C22H47N. The van der Waals surface area contributed by atoms with Gasteiger partial charge in [-0.1, -0.05) is 97.8 Å². The van der Waals surface area contributed by atoms with Crippen LogP contribution in [0.2, 0.25) is 0 Å². The zero-order valence-electron chi connectivity index (χ0n) is 16.8. The Kier molecular flexibility index (Phi) is 16.8. The molecule has 0 radical (unpaired) electrons. The third kappa shape index (κ3) is 13.0. The highest BCUT2D eigenvalue weighted by atomic mass is 14.5. The van der Waals surface area contributed by atoms with E-state index in [2.05, 4.69) is 20.8 Å². The van der Waals surface area contributed by atoms with Crippen LogP contribution in [0.15, 0.2) is 0 Å². The Labute approximate surface area is 148 Å². The molecule has 0 amide bonds. The molecule has 0 aromatic carbocycles. The van der Waals surface area contributed by atoms with Crippen molar-refractivity contribution in [2.24, 2.45) is 11.1 Å². The van der Waals surface area contributed by atoms with E-state index in [4.69, 9.17) is 5.73 Å². The normalized spacial score (nSPS) is 12.0. The Morgan fingerprint density at radius 2 is 0.826 bits per heavy atom. The fourth-order valence-corrected chi connectivity index (χ4v) is 3.93. The minimum absolute atomic E-state index is 0.682. The molecule has 1 nitrogen and oxygen atoms in total. The lowest BCUT2D eigenvalue weighted by Crippen LogP contribution is -2.21. The lowest BCUT2D eigenvalue weighted by molar-refractivity contribution is 0.175. The summed E-state index contributed by atoms with van der Waals surface area (Å²) in [6.07, 6.45) is 24.1. The van der Waals surface area contributed by atoms with Gasteiger partial charge < -0.3 is 5.73 Å². The van der Waals surface area contributed by atoms with Crippen molar-refractivity contribution in [1.29, 1.82) is 0 Å². The van der Waals surface area contributed by atoms with Crippen LogP contribution in [-0.4, -0.2) is 6.54 Å². The number of nitrogens with two attached hydrogens (primary N) is 1. The van der Waals surface area contributed by atoms with Crippen LogP contribution in [-0.2, 0) is 0 Å².